The largest absolute Gasteiger partial charge is 0.379 e. The van der Waals surface area contributed by atoms with Crippen LogP contribution in [0.15, 0.2) is 72.0 Å². The number of halogens is 2. The normalized spacial score (nSPS) is 17.8. The number of aromatic nitrogens is 1. The average molecular weight is 552 g/mol. The Bertz CT molecular complexity index is 1350. The molecule has 10 heteroatoms. The van der Waals surface area contributed by atoms with Gasteiger partial charge in [-0.25, -0.2) is 9.40 Å². The summed E-state index contributed by atoms with van der Waals surface area (Å²) in [6, 6.07) is 16.4. The molecule has 2 aromatic carbocycles. The van der Waals surface area contributed by atoms with Crippen LogP contribution >= 0.6 is 11.6 Å². The minimum atomic E-state index is -0.417. The Balaban J connectivity index is 1.41. The number of carbonyl (C=O) groups excluding carboxylic acids is 2. The van der Waals surface area contributed by atoms with E-state index >= 15 is 0 Å². The first-order valence-electron chi connectivity index (χ1n) is 13.0. The van der Waals surface area contributed by atoms with Gasteiger partial charge in [-0.1, -0.05) is 35.9 Å². The second-order valence-electron chi connectivity index (χ2n) is 9.72. The number of hydrazone groups is 1. The number of hydrogen-bond acceptors (Lipinski definition) is 5. The number of hydrogen-bond donors (Lipinski definition) is 0. The van der Waals surface area contributed by atoms with Gasteiger partial charge in [-0.3, -0.25) is 14.5 Å². The SMILES string of the molecule is Cn1cccc1C1=NN(C(=O)CN(CCN2CCOCC2)C(=O)c2ccccc2Cl)C(c2ccc(F)cc2)C1. The molecule has 0 bridgehead atoms. The van der Waals surface area contributed by atoms with Crippen LogP contribution in [0.4, 0.5) is 4.39 Å². The Labute approximate surface area is 232 Å². The van der Waals surface area contributed by atoms with Crippen molar-refractivity contribution in [3.63, 3.8) is 0 Å². The number of benzene rings is 2. The van der Waals surface area contributed by atoms with Gasteiger partial charge in [0.25, 0.3) is 11.8 Å². The first-order chi connectivity index (χ1) is 18.9. The molecular formula is C29H31ClFN5O3. The Hall–Kier alpha value is -3.53. The molecule has 0 radical (unpaired) electrons. The van der Waals surface area contributed by atoms with E-state index in [0.29, 0.717) is 43.3 Å². The minimum Gasteiger partial charge on any atom is -0.379 e. The molecule has 1 aromatic heterocycles. The van der Waals surface area contributed by atoms with E-state index in [1.165, 1.54) is 22.0 Å². The smallest absolute Gasteiger partial charge is 0.262 e. The van der Waals surface area contributed by atoms with E-state index in [2.05, 4.69) is 4.90 Å². The highest BCUT2D eigenvalue weighted by molar-refractivity contribution is 6.33. The van der Waals surface area contributed by atoms with Crippen LogP contribution in [-0.4, -0.2) is 82.8 Å². The summed E-state index contributed by atoms with van der Waals surface area (Å²) in [4.78, 5) is 31.2. The highest BCUT2D eigenvalue weighted by atomic mass is 35.5. The third-order valence-corrected chi connectivity index (χ3v) is 7.50. The van der Waals surface area contributed by atoms with Crippen molar-refractivity contribution in [3.8, 4) is 0 Å². The Morgan fingerprint density at radius 2 is 1.82 bits per heavy atom. The number of carbonyl (C=O) groups is 2. The lowest BCUT2D eigenvalue weighted by Gasteiger charge is -2.31. The van der Waals surface area contributed by atoms with E-state index < -0.39 is 6.04 Å². The average Bonchev–Trinajstić information content (AvgIpc) is 3.58. The first kappa shape index (κ1) is 27.1. The van der Waals surface area contributed by atoms with E-state index in [0.717, 1.165) is 30.1 Å². The molecule has 1 unspecified atom stereocenters. The van der Waals surface area contributed by atoms with Gasteiger partial charge >= 0.3 is 0 Å². The number of rotatable bonds is 8. The van der Waals surface area contributed by atoms with Crippen molar-refractivity contribution in [3.05, 3.63) is 94.5 Å². The van der Waals surface area contributed by atoms with Crippen molar-refractivity contribution in [1.29, 1.82) is 0 Å². The molecule has 1 fully saturated rings. The van der Waals surface area contributed by atoms with Crippen molar-refractivity contribution >= 4 is 29.1 Å². The molecule has 2 amide bonds. The summed E-state index contributed by atoms with van der Waals surface area (Å²) in [5.74, 6) is -0.986. The van der Waals surface area contributed by atoms with Crippen LogP contribution in [0.5, 0.6) is 0 Å². The zero-order valence-corrected chi connectivity index (χ0v) is 22.6. The molecule has 204 valence electrons. The molecule has 3 aromatic rings. The maximum atomic E-state index is 13.9. The summed E-state index contributed by atoms with van der Waals surface area (Å²) in [7, 11) is 1.92. The maximum absolute atomic E-state index is 13.9. The maximum Gasteiger partial charge on any atom is 0.262 e. The predicted octanol–water partition coefficient (Wildman–Crippen LogP) is 3.97. The lowest BCUT2D eigenvalue weighted by atomic mass is 10.0. The fourth-order valence-electron chi connectivity index (χ4n) is 4.98. The molecule has 0 aliphatic carbocycles. The Kier molecular flexibility index (Phi) is 8.40. The molecule has 3 heterocycles. The summed E-state index contributed by atoms with van der Waals surface area (Å²) in [5, 5.41) is 6.49. The van der Waals surface area contributed by atoms with Crippen LogP contribution in [-0.2, 0) is 16.6 Å². The molecule has 0 spiro atoms. The van der Waals surface area contributed by atoms with E-state index in [1.807, 2.05) is 29.9 Å². The summed E-state index contributed by atoms with van der Waals surface area (Å²) >= 11 is 6.36. The van der Waals surface area contributed by atoms with E-state index in [9.17, 15) is 14.0 Å². The topological polar surface area (TPSA) is 70.4 Å². The monoisotopic (exact) mass is 551 g/mol. The van der Waals surface area contributed by atoms with Gasteiger partial charge in [-0.2, -0.15) is 5.10 Å². The molecule has 0 N–H and O–H groups in total. The van der Waals surface area contributed by atoms with Gasteiger partial charge in [-0.15, -0.1) is 0 Å². The molecule has 39 heavy (non-hydrogen) atoms. The predicted molar refractivity (Wildman–Crippen MR) is 147 cm³/mol. The van der Waals surface area contributed by atoms with Gasteiger partial charge < -0.3 is 14.2 Å². The van der Waals surface area contributed by atoms with Crippen LogP contribution in [0.2, 0.25) is 5.02 Å². The van der Waals surface area contributed by atoms with E-state index in [4.69, 9.17) is 21.4 Å². The van der Waals surface area contributed by atoms with Crippen LogP contribution in [0.3, 0.4) is 0 Å². The highest BCUT2D eigenvalue weighted by Gasteiger charge is 2.35. The van der Waals surface area contributed by atoms with Crippen molar-refractivity contribution in [2.24, 2.45) is 12.1 Å². The van der Waals surface area contributed by atoms with Crippen LogP contribution in [0.25, 0.3) is 0 Å². The van der Waals surface area contributed by atoms with E-state index in [-0.39, 0.29) is 24.2 Å². The van der Waals surface area contributed by atoms with Gasteiger partial charge in [0, 0.05) is 45.8 Å². The number of morpholine rings is 1. The summed E-state index contributed by atoms with van der Waals surface area (Å²) < 4.78 is 21.1. The number of amides is 2. The molecule has 1 saturated heterocycles. The fraction of sp³-hybridized carbons (Fsp3) is 0.345. The van der Waals surface area contributed by atoms with Crippen molar-refractivity contribution in [1.82, 2.24) is 19.4 Å². The van der Waals surface area contributed by atoms with Gasteiger partial charge in [0.15, 0.2) is 0 Å². The van der Waals surface area contributed by atoms with Crippen LogP contribution in [0.1, 0.15) is 34.1 Å². The fourth-order valence-corrected chi connectivity index (χ4v) is 5.20. The quantitative estimate of drug-likeness (QED) is 0.425. The van der Waals surface area contributed by atoms with Gasteiger partial charge in [0.05, 0.1) is 41.2 Å². The summed E-state index contributed by atoms with van der Waals surface area (Å²) in [5.41, 5.74) is 2.77. The molecule has 2 aliphatic heterocycles. The second kappa shape index (κ2) is 12.1. The lowest BCUT2D eigenvalue weighted by Crippen LogP contribution is -2.46. The number of ether oxygens (including phenoxy) is 1. The molecule has 2 aliphatic rings. The van der Waals surface area contributed by atoms with Crippen molar-refractivity contribution in [2.45, 2.75) is 12.5 Å². The van der Waals surface area contributed by atoms with Gasteiger partial charge in [0.2, 0.25) is 0 Å². The molecule has 0 saturated carbocycles. The van der Waals surface area contributed by atoms with Crippen molar-refractivity contribution in [2.75, 3.05) is 45.9 Å². The first-order valence-corrected chi connectivity index (χ1v) is 13.4. The zero-order valence-electron chi connectivity index (χ0n) is 21.8. The summed E-state index contributed by atoms with van der Waals surface area (Å²) in [6.07, 6.45) is 2.40. The number of aryl methyl sites for hydroxylation is 1. The van der Waals surface area contributed by atoms with Crippen LogP contribution < -0.4 is 0 Å². The minimum absolute atomic E-state index is 0.171. The van der Waals surface area contributed by atoms with E-state index in [1.54, 1.807) is 36.4 Å². The highest BCUT2D eigenvalue weighted by Crippen LogP contribution is 2.33. The molecule has 8 nitrogen and oxygen atoms in total. The number of nitrogens with zero attached hydrogens (tertiary/aromatic N) is 5. The standard InChI is InChI=1S/C29H31ClFN5O3/c1-33-12-4-7-26(33)25-19-27(21-8-10-22(31)11-9-21)36(32-25)28(37)20-35(14-13-34-15-17-39-18-16-34)29(38)23-5-2-3-6-24(23)30/h2-12,27H,13-20H2,1H3. The third kappa shape index (κ3) is 6.21. The molecule has 5 rings (SSSR count). The Morgan fingerprint density at radius 3 is 2.51 bits per heavy atom. The molecule has 1 atom stereocenters. The van der Waals surface area contributed by atoms with Gasteiger partial charge in [0.1, 0.15) is 12.4 Å². The zero-order chi connectivity index (χ0) is 27.4. The Morgan fingerprint density at radius 1 is 1.08 bits per heavy atom. The second-order valence-corrected chi connectivity index (χ2v) is 10.1. The lowest BCUT2D eigenvalue weighted by molar-refractivity contribution is -0.133. The van der Waals surface area contributed by atoms with Crippen LogP contribution in [0, 0.1) is 5.82 Å². The van der Waals surface area contributed by atoms with Gasteiger partial charge in [-0.05, 0) is 42.0 Å². The molecular weight excluding hydrogens is 521 g/mol. The third-order valence-electron chi connectivity index (χ3n) is 7.17. The summed E-state index contributed by atoms with van der Waals surface area (Å²) in [6.45, 7) is 3.60. The van der Waals surface area contributed by atoms with Crippen molar-refractivity contribution < 1.29 is 18.7 Å².